The second kappa shape index (κ2) is 5.12. The van der Waals surface area contributed by atoms with Gasteiger partial charge >= 0.3 is 0 Å². The van der Waals surface area contributed by atoms with E-state index in [0.29, 0.717) is 6.42 Å². The van der Waals surface area contributed by atoms with Crippen molar-refractivity contribution in [3.63, 3.8) is 0 Å². The Morgan fingerprint density at radius 2 is 1.44 bits per heavy atom. The summed E-state index contributed by atoms with van der Waals surface area (Å²) >= 11 is 0. The van der Waals surface area contributed by atoms with Gasteiger partial charge in [0.15, 0.2) is 0 Å². The Morgan fingerprint density at radius 3 is 2.20 bits per heavy atom. The smallest absolute Gasteiger partial charge is 0.234 e. The molecule has 1 heterocycles. The molecule has 2 amide bonds. The molecule has 0 radical (unpaired) electrons. The number of carbonyl (C=O) groups excluding carboxylic acids is 3. The molecule has 0 aromatic heterocycles. The highest BCUT2D eigenvalue weighted by Gasteiger charge is 2.62. The Hall–Kier alpha value is -2.75. The minimum Gasteiger partial charge on any atom is -0.299 e. The number of amides is 2. The van der Waals surface area contributed by atoms with Gasteiger partial charge in [0.2, 0.25) is 11.8 Å². The van der Waals surface area contributed by atoms with Crippen molar-refractivity contribution in [1.29, 1.82) is 0 Å². The van der Waals surface area contributed by atoms with Gasteiger partial charge in [-0.2, -0.15) is 0 Å². The van der Waals surface area contributed by atoms with Gasteiger partial charge in [0.1, 0.15) is 5.78 Å². The molecular formula is C21H17NO3. The average molecular weight is 331 g/mol. The second-order valence-electron chi connectivity index (χ2n) is 7.18. The maximum atomic E-state index is 13.1. The van der Waals surface area contributed by atoms with E-state index in [-0.39, 0.29) is 36.0 Å². The zero-order valence-corrected chi connectivity index (χ0v) is 13.6. The molecule has 3 aliphatic carbocycles. The largest absolute Gasteiger partial charge is 0.299 e. The molecule has 1 saturated heterocycles. The third kappa shape index (κ3) is 1.91. The van der Waals surface area contributed by atoms with E-state index in [1.807, 2.05) is 54.6 Å². The number of hydrogen-bond acceptors (Lipinski definition) is 3. The molecule has 0 N–H and O–H groups in total. The van der Waals surface area contributed by atoms with E-state index in [0.717, 1.165) is 16.7 Å². The number of hydrogen-bond donors (Lipinski definition) is 0. The van der Waals surface area contributed by atoms with Gasteiger partial charge in [-0.15, -0.1) is 0 Å². The Morgan fingerprint density at radius 1 is 0.800 bits per heavy atom. The summed E-state index contributed by atoms with van der Waals surface area (Å²) in [5.74, 6) is -1.70. The van der Waals surface area contributed by atoms with Crippen molar-refractivity contribution < 1.29 is 14.4 Å². The quantitative estimate of drug-likeness (QED) is 0.795. The van der Waals surface area contributed by atoms with Crippen molar-refractivity contribution >= 4 is 17.6 Å². The lowest BCUT2D eigenvalue weighted by Crippen LogP contribution is -2.44. The minimum atomic E-state index is -0.516. The standard InChI is InChI=1S/C21H17NO3/c23-16-10-15-13-8-4-5-9-14(13)17(16)19-18(15)20(24)22(21(19)25)11-12-6-2-1-3-7-12/h1-9,15,17-19H,10-11H2/t15-,17+,18-,19+/m0/s1. The summed E-state index contributed by atoms with van der Waals surface area (Å²) in [6, 6.07) is 17.3. The van der Waals surface area contributed by atoms with Crippen LogP contribution in [0.1, 0.15) is 34.9 Å². The lowest BCUT2D eigenvalue weighted by Gasteiger charge is -2.43. The highest BCUT2D eigenvalue weighted by molar-refractivity contribution is 6.11. The topological polar surface area (TPSA) is 54.5 Å². The molecule has 4 atom stereocenters. The summed E-state index contributed by atoms with van der Waals surface area (Å²) in [7, 11) is 0. The van der Waals surface area contributed by atoms with Gasteiger partial charge < -0.3 is 0 Å². The van der Waals surface area contributed by atoms with Gasteiger partial charge in [0, 0.05) is 12.3 Å². The number of imide groups is 1. The first-order valence-corrected chi connectivity index (χ1v) is 8.67. The summed E-state index contributed by atoms with van der Waals surface area (Å²) in [5.41, 5.74) is 2.96. The van der Waals surface area contributed by atoms with Crippen LogP contribution in [-0.2, 0) is 20.9 Å². The molecule has 4 nitrogen and oxygen atoms in total. The van der Waals surface area contributed by atoms with Crippen molar-refractivity contribution in [3.05, 3.63) is 71.3 Å². The monoisotopic (exact) mass is 331 g/mol. The predicted molar refractivity (Wildman–Crippen MR) is 90.5 cm³/mol. The maximum Gasteiger partial charge on any atom is 0.234 e. The van der Waals surface area contributed by atoms with E-state index in [4.69, 9.17) is 0 Å². The van der Waals surface area contributed by atoms with Crippen molar-refractivity contribution in [1.82, 2.24) is 4.90 Å². The molecule has 2 fully saturated rings. The number of ketones is 1. The van der Waals surface area contributed by atoms with E-state index in [1.165, 1.54) is 4.90 Å². The zero-order chi connectivity index (χ0) is 17.1. The van der Waals surface area contributed by atoms with E-state index in [1.54, 1.807) is 0 Å². The first-order chi connectivity index (χ1) is 12.2. The Kier molecular flexibility index (Phi) is 2.99. The molecule has 2 aromatic rings. The van der Waals surface area contributed by atoms with Gasteiger partial charge in [0.05, 0.1) is 24.3 Å². The van der Waals surface area contributed by atoms with Crippen LogP contribution in [0.4, 0.5) is 0 Å². The van der Waals surface area contributed by atoms with Crippen molar-refractivity contribution in [3.8, 4) is 0 Å². The van der Waals surface area contributed by atoms with Crippen LogP contribution in [0.15, 0.2) is 54.6 Å². The summed E-state index contributed by atoms with van der Waals surface area (Å²) in [4.78, 5) is 40.1. The maximum absolute atomic E-state index is 13.1. The summed E-state index contributed by atoms with van der Waals surface area (Å²) in [6.45, 7) is 0.287. The van der Waals surface area contributed by atoms with Crippen LogP contribution in [0.3, 0.4) is 0 Å². The van der Waals surface area contributed by atoms with E-state index >= 15 is 0 Å². The number of fused-ring (bicyclic) bond motifs is 1. The van der Waals surface area contributed by atoms with Crippen LogP contribution in [0.25, 0.3) is 0 Å². The van der Waals surface area contributed by atoms with Crippen LogP contribution < -0.4 is 0 Å². The molecule has 25 heavy (non-hydrogen) atoms. The molecule has 124 valence electrons. The van der Waals surface area contributed by atoms with Crippen molar-refractivity contribution in [2.24, 2.45) is 11.8 Å². The molecule has 0 unspecified atom stereocenters. The lowest BCUT2D eigenvalue weighted by atomic mass is 9.56. The van der Waals surface area contributed by atoms with Crippen molar-refractivity contribution in [2.75, 3.05) is 0 Å². The molecular weight excluding hydrogens is 314 g/mol. The van der Waals surface area contributed by atoms with E-state index in [9.17, 15) is 14.4 Å². The number of rotatable bonds is 2. The highest BCUT2D eigenvalue weighted by atomic mass is 16.2. The van der Waals surface area contributed by atoms with Crippen LogP contribution in [0, 0.1) is 11.8 Å². The molecule has 6 rings (SSSR count). The molecule has 1 aliphatic heterocycles. The Labute approximate surface area is 145 Å². The molecule has 2 aromatic carbocycles. The van der Waals surface area contributed by atoms with Gasteiger partial charge in [0.25, 0.3) is 0 Å². The number of carbonyl (C=O) groups is 3. The number of benzene rings is 2. The van der Waals surface area contributed by atoms with Crippen molar-refractivity contribution in [2.45, 2.75) is 24.8 Å². The van der Waals surface area contributed by atoms with E-state index < -0.39 is 11.8 Å². The fourth-order valence-corrected chi connectivity index (χ4v) is 4.94. The first kappa shape index (κ1) is 14.6. The molecule has 4 aliphatic rings. The first-order valence-electron chi connectivity index (χ1n) is 8.67. The summed E-state index contributed by atoms with van der Waals surface area (Å²) in [6.07, 6.45) is 0.376. The third-order valence-corrected chi connectivity index (χ3v) is 5.96. The van der Waals surface area contributed by atoms with Gasteiger partial charge in [-0.1, -0.05) is 54.6 Å². The van der Waals surface area contributed by atoms with Crippen LogP contribution in [0.2, 0.25) is 0 Å². The number of likely N-dealkylation sites (tertiary alicyclic amines) is 1. The normalized spacial score (nSPS) is 29.8. The van der Waals surface area contributed by atoms with Gasteiger partial charge in [-0.05, 0) is 16.7 Å². The summed E-state index contributed by atoms with van der Waals surface area (Å²) in [5, 5.41) is 0. The van der Waals surface area contributed by atoms with Crippen LogP contribution in [-0.4, -0.2) is 22.5 Å². The van der Waals surface area contributed by atoms with Crippen LogP contribution in [0.5, 0.6) is 0 Å². The fourth-order valence-electron chi connectivity index (χ4n) is 4.94. The predicted octanol–water partition coefficient (Wildman–Crippen LogP) is 2.64. The number of nitrogens with zero attached hydrogens (tertiary/aromatic N) is 1. The average Bonchev–Trinajstić information content (AvgIpc) is 2.89. The van der Waals surface area contributed by atoms with Crippen LogP contribution >= 0.6 is 0 Å². The molecule has 0 spiro atoms. The fraction of sp³-hybridized carbons (Fsp3) is 0.286. The Balaban J connectivity index is 1.57. The molecule has 2 bridgehead atoms. The third-order valence-electron chi connectivity index (χ3n) is 5.96. The lowest BCUT2D eigenvalue weighted by molar-refractivity contribution is -0.141. The SMILES string of the molecule is O=C1C[C@H]2c3ccccc3[C@H]1[C@H]1C(=O)N(Cc3ccccc3)C(=O)[C@H]12. The second-order valence-corrected chi connectivity index (χ2v) is 7.18. The van der Waals surface area contributed by atoms with Gasteiger partial charge in [-0.25, -0.2) is 0 Å². The van der Waals surface area contributed by atoms with E-state index in [2.05, 4.69) is 0 Å². The molecule has 1 saturated carbocycles. The number of Topliss-reactive ketones (excluding diaryl/α,β-unsaturated/α-hetero) is 1. The summed E-state index contributed by atoms with van der Waals surface area (Å²) < 4.78 is 0. The molecule has 4 heteroatoms. The Bertz CT molecular complexity index is 904. The highest BCUT2D eigenvalue weighted by Crippen LogP contribution is 2.57. The zero-order valence-electron chi connectivity index (χ0n) is 13.6. The minimum absolute atomic E-state index is 0.104. The van der Waals surface area contributed by atoms with Gasteiger partial charge in [-0.3, -0.25) is 19.3 Å².